The second kappa shape index (κ2) is 5.44. The van der Waals surface area contributed by atoms with E-state index in [-0.39, 0.29) is 0 Å². The Hall–Kier alpha value is -3.15. The molecular weight excluding hydrogens is 314 g/mol. The molecule has 0 radical (unpaired) electrons. The van der Waals surface area contributed by atoms with Gasteiger partial charge in [-0.1, -0.05) is 12.1 Å². The number of pyridine rings is 1. The summed E-state index contributed by atoms with van der Waals surface area (Å²) in [5.74, 6) is 0.836. The first-order valence-electron chi connectivity index (χ1n) is 8.37. The number of fused-ring (bicyclic) bond motifs is 2. The Bertz CT molecular complexity index is 1080. The average molecular weight is 331 g/mol. The molecule has 4 heterocycles. The highest BCUT2D eigenvalue weighted by atomic mass is 16.5. The summed E-state index contributed by atoms with van der Waals surface area (Å²) < 4.78 is 9.33. The van der Waals surface area contributed by atoms with Crippen LogP contribution in [0.5, 0.6) is 5.75 Å². The zero-order valence-electron chi connectivity index (χ0n) is 13.9. The maximum atomic E-state index is 5.39. The highest BCUT2D eigenvalue weighted by Gasteiger charge is 2.24. The molecule has 0 amide bonds. The molecule has 124 valence electrons. The third-order valence-electron chi connectivity index (χ3n) is 4.75. The third kappa shape index (κ3) is 2.21. The molecule has 6 heteroatoms. The normalized spacial score (nSPS) is 13.3. The molecule has 3 aromatic heterocycles. The van der Waals surface area contributed by atoms with E-state index < -0.39 is 0 Å². The van der Waals surface area contributed by atoms with Gasteiger partial charge in [0.1, 0.15) is 17.8 Å². The fourth-order valence-electron chi connectivity index (χ4n) is 3.57. The van der Waals surface area contributed by atoms with E-state index >= 15 is 0 Å². The number of hydrogen-bond acceptors (Lipinski definition) is 4. The van der Waals surface area contributed by atoms with Crippen molar-refractivity contribution in [3.8, 4) is 28.1 Å². The monoisotopic (exact) mass is 331 g/mol. The average Bonchev–Trinajstić information content (AvgIpc) is 3.36. The molecule has 4 aromatic rings. The highest BCUT2D eigenvalue weighted by molar-refractivity contribution is 5.83. The van der Waals surface area contributed by atoms with Gasteiger partial charge in [-0.15, -0.1) is 0 Å². The third-order valence-corrected chi connectivity index (χ3v) is 4.75. The summed E-state index contributed by atoms with van der Waals surface area (Å²) in [4.78, 5) is 4.23. The predicted octanol–water partition coefficient (Wildman–Crippen LogP) is 3.21. The number of hydrogen-bond donors (Lipinski definition) is 0. The second-order valence-electron chi connectivity index (χ2n) is 6.21. The Balaban J connectivity index is 1.74. The molecule has 0 saturated carbocycles. The van der Waals surface area contributed by atoms with Crippen LogP contribution < -0.4 is 4.74 Å². The fraction of sp³-hybridized carbons (Fsp3) is 0.211. The van der Waals surface area contributed by atoms with Gasteiger partial charge in [-0.3, -0.25) is 4.68 Å². The topological polar surface area (TPSA) is 57.2 Å². The van der Waals surface area contributed by atoms with Crippen LogP contribution in [0.25, 0.3) is 28.0 Å². The smallest absolute Gasteiger partial charge is 0.155 e. The summed E-state index contributed by atoms with van der Waals surface area (Å²) in [6, 6.07) is 12.2. The van der Waals surface area contributed by atoms with Gasteiger partial charge in [0.05, 0.1) is 7.11 Å². The molecule has 25 heavy (non-hydrogen) atoms. The van der Waals surface area contributed by atoms with Crippen LogP contribution in [0.1, 0.15) is 12.1 Å². The lowest BCUT2D eigenvalue weighted by Gasteiger charge is -2.07. The van der Waals surface area contributed by atoms with Gasteiger partial charge >= 0.3 is 0 Å². The van der Waals surface area contributed by atoms with Crippen LogP contribution >= 0.6 is 0 Å². The Kier molecular flexibility index (Phi) is 3.09. The molecular formula is C19H17N5O. The van der Waals surface area contributed by atoms with Crippen LogP contribution in [-0.2, 0) is 13.0 Å². The molecule has 0 aliphatic carbocycles. The molecule has 0 spiro atoms. The maximum absolute atomic E-state index is 5.39. The first-order valence-corrected chi connectivity index (χ1v) is 8.37. The van der Waals surface area contributed by atoms with Crippen LogP contribution in [0, 0.1) is 0 Å². The molecule has 1 aliphatic heterocycles. The lowest BCUT2D eigenvalue weighted by molar-refractivity contribution is 0.415. The van der Waals surface area contributed by atoms with Crippen LogP contribution in [0.2, 0.25) is 0 Å². The minimum absolute atomic E-state index is 0.836. The Morgan fingerprint density at radius 1 is 1.12 bits per heavy atom. The summed E-state index contributed by atoms with van der Waals surface area (Å²) in [7, 11) is 1.69. The Labute approximate surface area is 144 Å². The quantitative estimate of drug-likeness (QED) is 0.578. The first-order chi connectivity index (χ1) is 12.3. The van der Waals surface area contributed by atoms with E-state index in [2.05, 4.69) is 26.9 Å². The van der Waals surface area contributed by atoms with Gasteiger partial charge in [0.15, 0.2) is 5.65 Å². The van der Waals surface area contributed by atoms with E-state index in [1.54, 1.807) is 13.4 Å². The van der Waals surface area contributed by atoms with Gasteiger partial charge < -0.3 is 4.74 Å². The first kappa shape index (κ1) is 14.2. The van der Waals surface area contributed by atoms with E-state index in [0.29, 0.717) is 0 Å². The zero-order chi connectivity index (χ0) is 16.8. The zero-order valence-corrected chi connectivity index (χ0v) is 13.9. The van der Waals surface area contributed by atoms with Gasteiger partial charge in [-0.25, -0.2) is 9.50 Å². The number of ether oxygens (including phenoxy) is 1. The maximum Gasteiger partial charge on any atom is 0.155 e. The number of rotatable bonds is 3. The van der Waals surface area contributed by atoms with Crippen molar-refractivity contribution in [3.05, 3.63) is 54.6 Å². The Morgan fingerprint density at radius 3 is 3.00 bits per heavy atom. The molecule has 5 rings (SSSR count). The standard InChI is InChI=1S/C19H17N5O/c1-25-15-5-2-4-13(10-15)19-18(16-6-3-9-23(16)22-19)14-7-8-17-20-12-21-24(17)11-14/h2,4-5,7-8,10-12H,3,6,9H2,1H3. The summed E-state index contributed by atoms with van der Waals surface area (Å²) in [6.45, 7) is 0.970. The van der Waals surface area contributed by atoms with Crippen LogP contribution in [0.3, 0.4) is 0 Å². The predicted molar refractivity (Wildman–Crippen MR) is 94.5 cm³/mol. The van der Waals surface area contributed by atoms with Crippen LogP contribution in [0.4, 0.5) is 0 Å². The molecule has 1 aromatic carbocycles. The van der Waals surface area contributed by atoms with Gasteiger partial charge in [-0.05, 0) is 37.1 Å². The largest absolute Gasteiger partial charge is 0.497 e. The van der Waals surface area contributed by atoms with Gasteiger partial charge in [-0.2, -0.15) is 10.2 Å². The SMILES string of the molecule is COc1cccc(-c2nn3c(c2-c2ccc4ncnn4c2)CCC3)c1. The van der Waals surface area contributed by atoms with Crippen molar-refractivity contribution in [1.29, 1.82) is 0 Å². The number of nitrogens with zero attached hydrogens (tertiary/aromatic N) is 5. The number of benzene rings is 1. The molecule has 0 bridgehead atoms. The van der Waals surface area contributed by atoms with E-state index in [0.717, 1.165) is 47.6 Å². The van der Waals surface area contributed by atoms with Crippen molar-refractivity contribution in [2.75, 3.05) is 7.11 Å². The molecule has 6 nitrogen and oxygen atoms in total. The molecule has 0 unspecified atom stereocenters. The van der Waals surface area contributed by atoms with Crippen LogP contribution in [-0.4, -0.2) is 31.5 Å². The van der Waals surface area contributed by atoms with E-state index in [1.165, 1.54) is 11.3 Å². The van der Waals surface area contributed by atoms with Crippen molar-refractivity contribution >= 4 is 5.65 Å². The minimum Gasteiger partial charge on any atom is -0.497 e. The molecule has 0 N–H and O–H groups in total. The van der Waals surface area contributed by atoms with Crippen molar-refractivity contribution in [3.63, 3.8) is 0 Å². The van der Waals surface area contributed by atoms with E-state index in [9.17, 15) is 0 Å². The molecule has 0 atom stereocenters. The minimum atomic E-state index is 0.836. The molecule has 0 saturated heterocycles. The fourth-order valence-corrected chi connectivity index (χ4v) is 3.57. The van der Waals surface area contributed by atoms with Crippen molar-refractivity contribution in [2.45, 2.75) is 19.4 Å². The number of aromatic nitrogens is 5. The van der Waals surface area contributed by atoms with Crippen molar-refractivity contribution < 1.29 is 4.74 Å². The number of methoxy groups -OCH3 is 1. The van der Waals surface area contributed by atoms with Gasteiger partial charge in [0.2, 0.25) is 0 Å². The van der Waals surface area contributed by atoms with E-state index in [1.807, 2.05) is 35.0 Å². The van der Waals surface area contributed by atoms with Gasteiger partial charge in [0, 0.05) is 35.1 Å². The van der Waals surface area contributed by atoms with E-state index in [4.69, 9.17) is 9.84 Å². The lowest BCUT2D eigenvalue weighted by Crippen LogP contribution is -1.94. The Morgan fingerprint density at radius 2 is 2.08 bits per heavy atom. The van der Waals surface area contributed by atoms with Crippen molar-refractivity contribution in [1.82, 2.24) is 24.4 Å². The van der Waals surface area contributed by atoms with Crippen molar-refractivity contribution in [2.24, 2.45) is 0 Å². The number of aryl methyl sites for hydroxylation is 1. The summed E-state index contributed by atoms with van der Waals surface area (Å²) in [5, 5.41) is 9.17. The summed E-state index contributed by atoms with van der Waals surface area (Å²) in [6.07, 6.45) is 5.79. The van der Waals surface area contributed by atoms with Gasteiger partial charge in [0.25, 0.3) is 0 Å². The highest BCUT2D eigenvalue weighted by Crippen LogP contribution is 2.38. The van der Waals surface area contributed by atoms with Crippen LogP contribution in [0.15, 0.2) is 48.9 Å². The second-order valence-corrected chi connectivity index (χ2v) is 6.21. The molecule has 0 fully saturated rings. The summed E-state index contributed by atoms with van der Waals surface area (Å²) in [5.41, 5.74) is 6.48. The summed E-state index contributed by atoms with van der Waals surface area (Å²) >= 11 is 0. The molecule has 1 aliphatic rings. The lowest BCUT2D eigenvalue weighted by atomic mass is 9.99.